The number of ether oxygens (including phenoxy) is 1. The number of benzene rings is 1. The number of hydrogen-bond acceptors (Lipinski definition) is 3. The smallest absolute Gasteiger partial charge is 0.312 e. The molecule has 0 saturated heterocycles. The number of carbonyl (C=O) groups is 2. The van der Waals surface area contributed by atoms with Crippen LogP contribution < -0.4 is 0 Å². The summed E-state index contributed by atoms with van der Waals surface area (Å²) in [4.78, 5) is 25.3. The maximum atomic E-state index is 13.0. The van der Waals surface area contributed by atoms with Gasteiger partial charge in [0, 0.05) is 11.8 Å². The second-order valence-corrected chi connectivity index (χ2v) is 7.36. The van der Waals surface area contributed by atoms with E-state index in [1.54, 1.807) is 6.92 Å². The first-order chi connectivity index (χ1) is 10.7. The molecule has 1 fully saturated rings. The second-order valence-electron chi connectivity index (χ2n) is 7.36. The highest BCUT2D eigenvalue weighted by molar-refractivity contribution is 5.95. The summed E-state index contributed by atoms with van der Waals surface area (Å²) < 4.78 is 5.22. The van der Waals surface area contributed by atoms with Crippen LogP contribution >= 0.6 is 0 Å². The molecule has 1 saturated carbocycles. The van der Waals surface area contributed by atoms with Crippen LogP contribution in [0.1, 0.15) is 55.9 Å². The lowest BCUT2D eigenvalue weighted by Crippen LogP contribution is -2.57. The van der Waals surface area contributed by atoms with Crippen LogP contribution in [0.3, 0.4) is 0 Å². The zero-order chi connectivity index (χ0) is 17.4. The number of aryl methyl sites for hydroxylation is 3. The van der Waals surface area contributed by atoms with Gasteiger partial charge in [-0.05, 0) is 64.2 Å². The highest BCUT2D eigenvalue weighted by Gasteiger charge is 2.62. The topological polar surface area (TPSA) is 43.4 Å². The van der Waals surface area contributed by atoms with Gasteiger partial charge < -0.3 is 4.74 Å². The van der Waals surface area contributed by atoms with Gasteiger partial charge in [-0.1, -0.05) is 24.6 Å². The average Bonchev–Trinajstić information content (AvgIpc) is 2.47. The molecule has 1 aliphatic carbocycles. The Morgan fingerprint density at radius 3 is 2.00 bits per heavy atom. The largest absolute Gasteiger partial charge is 0.466 e. The summed E-state index contributed by atoms with van der Waals surface area (Å²) in [5.74, 6) is -0.0891. The Morgan fingerprint density at radius 1 is 1.04 bits per heavy atom. The van der Waals surface area contributed by atoms with Crippen molar-refractivity contribution in [3.63, 3.8) is 0 Å². The average molecular weight is 316 g/mol. The molecule has 0 amide bonds. The van der Waals surface area contributed by atoms with Crippen molar-refractivity contribution < 1.29 is 14.3 Å². The number of carbonyl (C=O) groups excluding carboxylic acids is 2. The van der Waals surface area contributed by atoms with E-state index in [4.69, 9.17) is 4.74 Å². The zero-order valence-corrected chi connectivity index (χ0v) is 15.2. The molecule has 0 N–H and O–H groups in total. The molecule has 0 aromatic heterocycles. The standard InChI is InChI=1S/C20H28O3/c1-7-23-18(22)20(6)9-8-19(20,5)17(21)12-16-14(3)10-13(2)11-15(16)4/h10-11H,7-9,12H2,1-6H3. The highest BCUT2D eigenvalue weighted by Crippen LogP contribution is 2.58. The molecular formula is C20H28O3. The Labute approximate surface area is 139 Å². The van der Waals surface area contributed by atoms with E-state index in [0.29, 0.717) is 13.0 Å². The zero-order valence-electron chi connectivity index (χ0n) is 15.2. The molecule has 0 radical (unpaired) electrons. The number of rotatable bonds is 5. The predicted octanol–water partition coefficient (Wildman–Crippen LogP) is 4.09. The minimum absolute atomic E-state index is 0.148. The monoisotopic (exact) mass is 316 g/mol. The Balaban J connectivity index is 2.26. The SMILES string of the molecule is CCOC(=O)C1(C)CCC1(C)C(=O)Cc1c(C)cc(C)cc1C. The van der Waals surface area contributed by atoms with Crippen LogP contribution in [0.4, 0.5) is 0 Å². The number of esters is 1. The van der Waals surface area contributed by atoms with Gasteiger partial charge in [0.1, 0.15) is 5.78 Å². The van der Waals surface area contributed by atoms with Crippen molar-refractivity contribution in [1.82, 2.24) is 0 Å². The molecular weight excluding hydrogens is 288 g/mol. The van der Waals surface area contributed by atoms with Crippen LogP contribution in [0.15, 0.2) is 12.1 Å². The lowest BCUT2D eigenvalue weighted by Gasteiger charge is -2.52. The first-order valence-electron chi connectivity index (χ1n) is 8.43. The number of ketones is 1. The van der Waals surface area contributed by atoms with E-state index in [2.05, 4.69) is 32.9 Å². The minimum Gasteiger partial charge on any atom is -0.466 e. The molecule has 126 valence electrons. The lowest BCUT2D eigenvalue weighted by molar-refractivity contribution is -0.181. The van der Waals surface area contributed by atoms with Crippen molar-refractivity contribution in [3.8, 4) is 0 Å². The summed E-state index contributed by atoms with van der Waals surface area (Å²) >= 11 is 0. The van der Waals surface area contributed by atoms with Gasteiger partial charge in [-0.15, -0.1) is 0 Å². The van der Waals surface area contributed by atoms with E-state index in [0.717, 1.165) is 29.5 Å². The Kier molecular flexibility index (Phi) is 4.70. The van der Waals surface area contributed by atoms with Crippen molar-refractivity contribution >= 4 is 11.8 Å². The van der Waals surface area contributed by atoms with Crippen LogP contribution in [0.25, 0.3) is 0 Å². The molecule has 1 aliphatic rings. The van der Waals surface area contributed by atoms with E-state index in [1.165, 1.54) is 5.56 Å². The van der Waals surface area contributed by atoms with E-state index >= 15 is 0 Å². The normalized spacial score (nSPS) is 26.5. The Morgan fingerprint density at radius 2 is 1.57 bits per heavy atom. The molecule has 0 spiro atoms. The summed E-state index contributed by atoms with van der Waals surface area (Å²) in [5, 5.41) is 0. The third-order valence-corrected chi connectivity index (χ3v) is 5.86. The quantitative estimate of drug-likeness (QED) is 0.768. The van der Waals surface area contributed by atoms with E-state index in [9.17, 15) is 9.59 Å². The van der Waals surface area contributed by atoms with Gasteiger partial charge >= 0.3 is 5.97 Å². The van der Waals surface area contributed by atoms with Gasteiger partial charge in [0.25, 0.3) is 0 Å². The minimum atomic E-state index is -0.688. The summed E-state index contributed by atoms with van der Waals surface area (Å²) in [6.45, 7) is 12.1. The lowest BCUT2D eigenvalue weighted by atomic mass is 9.49. The fourth-order valence-electron chi connectivity index (χ4n) is 3.78. The molecule has 3 heteroatoms. The summed E-state index contributed by atoms with van der Waals surface area (Å²) in [6, 6.07) is 4.23. The summed E-state index contributed by atoms with van der Waals surface area (Å²) in [6.07, 6.45) is 1.87. The van der Waals surface area contributed by atoms with Crippen molar-refractivity contribution in [2.24, 2.45) is 10.8 Å². The molecule has 2 rings (SSSR count). The number of hydrogen-bond donors (Lipinski definition) is 0. The van der Waals surface area contributed by atoms with Gasteiger partial charge in [0.15, 0.2) is 0 Å². The molecule has 0 bridgehead atoms. The van der Waals surface area contributed by atoms with Gasteiger partial charge in [0.05, 0.1) is 12.0 Å². The third-order valence-electron chi connectivity index (χ3n) is 5.86. The molecule has 1 aromatic carbocycles. The van der Waals surface area contributed by atoms with Crippen molar-refractivity contribution in [2.75, 3.05) is 6.61 Å². The predicted molar refractivity (Wildman–Crippen MR) is 91.4 cm³/mol. The molecule has 3 nitrogen and oxygen atoms in total. The highest BCUT2D eigenvalue weighted by atomic mass is 16.5. The maximum absolute atomic E-state index is 13.0. The van der Waals surface area contributed by atoms with E-state index in [1.807, 2.05) is 13.8 Å². The first-order valence-corrected chi connectivity index (χ1v) is 8.43. The maximum Gasteiger partial charge on any atom is 0.312 e. The van der Waals surface area contributed by atoms with Gasteiger partial charge in [0.2, 0.25) is 0 Å². The van der Waals surface area contributed by atoms with Crippen LogP contribution in [0.2, 0.25) is 0 Å². The van der Waals surface area contributed by atoms with Crippen LogP contribution in [-0.2, 0) is 20.7 Å². The fraction of sp³-hybridized carbons (Fsp3) is 0.600. The summed E-state index contributed by atoms with van der Waals surface area (Å²) in [7, 11) is 0. The number of Topliss-reactive ketones (excluding diaryl/α,β-unsaturated/α-hetero) is 1. The molecule has 2 unspecified atom stereocenters. The fourth-order valence-corrected chi connectivity index (χ4v) is 3.78. The van der Waals surface area contributed by atoms with Gasteiger partial charge in [-0.2, -0.15) is 0 Å². The molecule has 0 aliphatic heterocycles. The second kappa shape index (κ2) is 6.10. The van der Waals surface area contributed by atoms with Crippen LogP contribution in [-0.4, -0.2) is 18.4 Å². The van der Waals surface area contributed by atoms with Crippen LogP contribution in [0.5, 0.6) is 0 Å². The first kappa shape index (κ1) is 17.7. The van der Waals surface area contributed by atoms with Gasteiger partial charge in [-0.25, -0.2) is 0 Å². The molecule has 1 aromatic rings. The summed E-state index contributed by atoms with van der Waals surface area (Å²) in [5.41, 5.74) is 3.30. The third kappa shape index (κ3) is 2.82. The molecule has 23 heavy (non-hydrogen) atoms. The van der Waals surface area contributed by atoms with Crippen molar-refractivity contribution in [3.05, 3.63) is 34.4 Å². The Bertz CT molecular complexity index is 623. The van der Waals surface area contributed by atoms with Crippen molar-refractivity contribution in [2.45, 2.75) is 60.8 Å². The van der Waals surface area contributed by atoms with Gasteiger partial charge in [-0.3, -0.25) is 9.59 Å². The molecule has 2 atom stereocenters. The van der Waals surface area contributed by atoms with E-state index < -0.39 is 10.8 Å². The van der Waals surface area contributed by atoms with Crippen molar-refractivity contribution in [1.29, 1.82) is 0 Å². The van der Waals surface area contributed by atoms with E-state index in [-0.39, 0.29) is 11.8 Å². The Hall–Kier alpha value is -1.64. The molecule has 0 heterocycles. The van der Waals surface area contributed by atoms with Crippen LogP contribution in [0, 0.1) is 31.6 Å².